The molecule has 0 radical (unpaired) electrons. The van der Waals surface area contributed by atoms with Crippen LogP contribution in [0.3, 0.4) is 0 Å². The van der Waals surface area contributed by atoms with Gasteiger partial charge in [0.05, 0.1) is 22.4 Å². The number of fused-ring (bicyclic) bond motifs is 5. The van der Waals surface area contributed by atoms with Gasteiger partial charge in [0, 0.05) is 22.1 Å². The Morgan fingerprint density at radius 2 is 0.978 bits per heavy atom. The summed E-state index contributed by atoms with van der Waals surface area (Å²) in [5.41, 5.74) is 11.4. The van der Waals surface area contributed by atoms with E-state index < -0.39 is 0 Å². The second kappa shape index (κ2) is 10.3. The number of hydrogen-bond acceptors (Lipinski definition) is 2. The van der Waals surface area contributed by atoms with Crippen molar-refractivity contribution < 1.29 is 4.74 Å². The van der Waals surface area contributed by atoms with Gasteiger partial charge in [0.25, 0.3) is 0 Å². The SMILES string of the molecule is c1ccc(-c2cccc(-n3c4ccccc4c4cc(-c5ccc6c(c5)Oc5ccccc5N6c5ccccc5)ccc43)c2)cc1. The Hall–Kier alpha value is -6.06. The van der Waals surface area contributed by atoms with Gasteiger partial charge < -0.3 is 14.2 Å². The maximum atomic E-state index is 6.51. The van der Waals surface area contributed by atoms with Gasteiger partial charge in [-0.25, -0.2) is 0 Å². The van der Waals surface area contributed by atoms with E-state index in [1.807, 2.05) is 18.2 Å². The maximum Gasteiger partial charge on any atom is 0.152 e. The Morgan fingerprint density at radius 1 is 0.356 bits per heavy atom. The normalized spacial score (nSPS) is 12.1. The molecule has 9 rings (SSSR count). The molecule has 1 aromatic heterocycles. The molecule has 8 aromatic rings. The summed E-state index contributed by atoms with van der Waals surface area (Å²) in [7, 11) is 0. The van der Waals surface area contributed by atoms with Crippen molar-refractivity contribution in [3.05, 3.63) is 170 Å². The number of benzene rings is 7. The average Bonchev–Trinajstić information content (AvgIpc) is 3.45. The lowest BCUT2D eigenvalue weighted by Crippen LogP contribution is -2.15. The average molecular weight is 577 g/mol. The minimum atomic E-state index is 0.843. The monoisotopic (exact) mass is 576 g/mol. The Kier molecular flexibility index (Phi) is 5.82. The minimum absolute atomic E-state index is 0.843. The van der Waals surface area contributed by atoms with E-state index in [1.54, 1.807) is 0 Å². The van der Waals surface area contributed by atoms with Gasteiger partial charge in [-0.3, -0.25) is 0 Å². The van der Waals surface area contributed by atoms with E-state index in [2.05, 4.69) is 161 Å². The summed E-state index contributed by atoms with van der Waals surface area (Å²) in [4.78, 5) is 2.28. The van der Waals surface area contributed by atoms with Crippen molar-refractivity contribution in [3.63, 3.8) is 0 Å². The lowest BCUT2D eigenvalue weighted by Gasteiger charge is -2.33. The van der Waals surface area contributed by atoms with Crippen molar-refractivity contribution in [2.45, 2.75) is 0 Å². The highest BCUT2D eigenvalue weighted by Gasteiger charge is 2.26. The highest BCUT2D eigenvalue weighted by atomic mass is 16.5. The van der Waals surface area contributed by atoms with E-state index in [9.17, 15) is 0 Å². The molecule has 2 heterocycles. The standard InChI is InChI=1S/C42H28N2O/c1-3-12-29(13-4-1)30-14-11-17-34(26-30)44-37-19-8-7-18-35(37)36-27-31(22-24-38(36)44)32-23-25-40-42(28-32)45-41-21-10-9-20-39(41)43(40)33-15-5-2-6-16-33/h1-28H. The van der Waals surface area contributed by atoms with Crippen LogP contribution in [0.1, 0.15) is 0 Å². The Morgan fingerprint density at radius 3 is 1.87 bits per heavy atom. The topological polar surface area (TPSA) is 17.4 Å². The Balaban J connectivity index is 1.17. The lowest BCUT2D eigenvalue weighted by molar-refractivity contribution is 0.477. The lowest BCUT2D eigenvalue weighted by atomic mass is 10.0. The number of ether oxygens (including phenoxy) is 1. The molecule has 0 aliphatic carbocycles. The predicted octanol–water partition coefficient (Wildman–Crippen LogP) is 11.7. The summed E-state index contributed by atoms with van der Waals surface area (Å²) in [6.07, 6.45) is 0. The molecule has 45 heavy (non-hydrogen) atoms. The smallest absolute Gasteiger partial charge is 0.152 e. The molecule has 0 N–H and O–H groups in total. The summed E-state index contributed by atoms with van der Waals surface area (Å²) >= 11 is 0. The van der Waals surface area contributed by atoms with Crippen molar-refractivity contribution in [2.24, 2.45) is 0 Å². The molecule has 3 nitrogen and oxygen atoms in total. The third-order valence-corrected chi connectivity index (χ3v) is 8.76. The van der Waals surface area contributed by atoms with Crippen LogP contribution in [0.5, 0.6) is 11.5 Å². The van der Waals surface area contributed by atoms with Gasteiger partial charge in [0.1, 0.15) is 0 Å². The van der Waals surface area contributed by atoms with Crippen LogP contribution in [0.2, 0.25) is 0 Å². The van der Waals surface area contributed by atoms with Gasteiger partial charge in [-0.1, -0.05) is 103 Å². The van der Waals surface area contributed by atoms with Crippen molar-refractivity contribution >= 4 is 38.9 Å². The van der Waals surface area contributed by atoms with E-state index in [4.69, 9.17) is 4.74 Å². The molecule has 1 aliphatic heterocycles. The van der Waals surface area contributed by atoms with E-state index in [1.165, 1.54) is 32.9 Å². The first-order chi connectivity index (χ1) is 22.3. The fraction of sp³-hybridized carbons (Fsp3) is 0. The van der Waals surface area contributed by atoms with Crippen LogP contribution >= 0.6 is 0 Å². The molecule has 0 fully saturated rings. The zero-order valence-electron chi connectivity index (χ0n) is 24.5. The largest absolute Gasteiger partial charge is 0.453 e. The van der Waals surface area contributed by atoms with Crippen molar-refractivity contribution in [1.82, 2.24) is 4.57 Å². The zero-order chi connectivity index (χ0) is 29.7. The van der Waals surface area contributed by atoms with Crippen molar-refractivity contribution in [3.8, 4) is 39.4 Å². The summed E-state index contributed by atoms with van der Waals surface area (Å²) in [5, 5.41) is 2.46. The van der Waals surface area contributed by atoms with Gasteiger partial charge in [0.2, 0.25) is 0 Å². The molecule has 1 aliphatic rings. The van der Waals surface area contributed by atoms with E-state index in [0.717, 1.165) is 45.4 Å². The van der Waals surface area contributed by atoms with Crippen molar-refractivity contribution in [2.75, 3.05) is 4.90 Å². The molecule has 0 bridgehead atoms. The first kappa shape index (κ1) is 25.4. The molecular formula is C42H28N2O. The van der Waals surface area contributed by atoms with Gasteiger partial charge in [0.15, 0.2) is 11.5 Å². The second-order valence-corrected chi connectivity index (χ2v) is 11.4. The van der Waals surface area contributed by atoms with Crippen LogP contribution in [0.25, 0.3) is 49.7 Å². The molecule has 0 saturated heterocycles. The van der Waals surface area contributed by atoms with Gasteiger partial charge in [-0.05, 0) is 89.0 Å². The number of nitrogens with zero attached hydrogens (tertiary/aromatic N) is 2. The van der Waals surface area contributed by atoms with E-state index in [-0.39, 0.29) is 0 Å². The quantitative estimate of drug-likeness (QED) is 0.207. The Labute approximate surface area is 261 Å². The molecule has 0 spiro atoms. The predicted molar refractivity (Wildman–Crippen MR) is 186 cm³/mol. The summed E-state index contributed by atoms with van der Waals surface area (Å²) < 4.78 is 8.89. The highest BCUT2D eigenvalue weighted by Crippen LogP contribution is 2.51. The molecule has 0 unspecified atom stereocenters. The second-order valence-electron chi connectivity index (χ2n) is 11.4. The third kappa shape index (κ3) is 4.21. The van der Waals surface area contributed by atoms with Crippen molar-refractivity contribution in [1.29, 1.82) is 0 Å². The molecule has 212 valence electrons. The first-order valence-corrected chi connectivity index (χ1v) is 15.3. The molecule has 7 aromatic carbocycles. The van der Waals surface area contributed by atoms with Gasteiger partial charge >= 0.3 is 0 Å². The van der Waals surface area contributed by atoms with Crippen LogP contribution in [-0.4, -0.2) is 4.57 Å². The molecular weight excluding hydrogens is 548 g/mol. The fourth-order valence-electron chi connectivity index (χ4n) is 6.68. The van der Waals surface area contributed by atoms with Crippen LogP contribution in [0.4, 0.5) is 17.1 Å². The molecule has 3 heteroatoms. The summed E-state index contributed by atoms with van der Waals surface area (Å²) in [6.45, 7) is 0. The first-order valence-electron chi connectivity index (χ1n) is 15.3. The van der Waals surface area contributed by atoms with E-state index >= 15 is 0 Å². The van der Waals surface area contributed by atoms with Gasteiger partial charge in [-0.2, -0.15) is 0 Å². The number of aromatic nitrogens is 1. The molecule has 0 atom stereocenters. The number of anilines is 3. The van der Waals surface area contributed by atoms with Gasteiger partial charge in [-0.15, -0.1) is 0 Å². The minimum Gasteiger partial charge on any atom is -0.453 e. The Bertz CT molecular complexity index is 2360. The zero-order valence-corrected chi connectivity index (χ0v) is 24.5. The summed E-state index contributed by atoms with van der Waals surface area (Å²) in [6, 6.07) is 60.1. The van der Waals surface area contributed by atoms with Crippen LogP contribution in [0, 0.1) is 0 Å². The van der Waals surface area contributed by atoms with Crippen LogP contribution in [-0.2, 0) is 0 Å². The fourth-order valence-corrected chi connectivity index (χ4v) is 6.68. The molecule has 0 saturated carbocycles. The maximum absolute atomic E-state index is 6.51. The van der Waals surface area contributed by atoms with Crippen LogP contribution in [0.15, 0.2) is 170 Å². The molecule has 0 amide bonds. The highest BCUT2D eigenvalue weighted by molar-refractivity contribution is 6.10. The number of hydrogen-bond donors (Lipinski definition) is 0. The number of rotatable bonds is 4. The van der Waals surface area contributed by atoms with E-state index in [0.29, 0.717) is 0 Å². The number of para-hydroxylation sites is 4. The summed E-state index contributed by atoms with van der Waals surface area (Å²) in [5.74, 6) is 1.69. The third-order valence-electron chi connectivity index (χ3n) is 8.76. The van der Waals surface area contributed by atoms with Crippen LogP contribution < -0.4 is 9.64 Å².